The highest BCUT2D eigenvalue weighted by Crippen LogP contribution is 2.48. The van der Waals surface area contributed by atoms with E-state index in [1.165, 1.54) is 25.7 Å². The van der Waals surface area contributed by atoms with Crippen molar-refractivity contribution in [3.63, 3.8) is 0 Å². The largest absolute Gasteiger partial charge is 0.236 e. The van der Waals surface area contributed by atoms with Crippen LogP contribution in [0.5, 0.6) is 0 Å². The van der Waals surface area contributed by atoms with Crippen LogP contribution in [0.4, 0.5) is 0 Å². The van der Waals surface area contributed by atoms with E-state index in [1.54, 1.807) is 0 Å². The molecule has 0 atom stereocenters. The summed E-state index contributed by atoms with van der Waals surface area (Å²) in [6, 6.07) is 0. The minimum atomic E-state index is 0.204. The molecular formula is C8H13O. The molecule has 2 fully saturated rings. The Balaban J connectivity index is 1.85. The summed E-state index contributed by atoms with van der Waals surface area (Å²) in [4.78, 5) is 0. The summed E-state index contributed by atoms with van der Waals surface area (Å²) >= 11 is 0. The van der Waals surface area contributed by atoms with Crippen molar-refractivity contribution in [1.82, 2.24) is 0 Å². The van der Waals surface area contributed by atoms with E-state index < -0.39 is 0 Å². The van der Waals surface area contributed by atoms with Crippen LogP contribution in [0.3, 0.4) is 0 Å². The van der Waals surface area contributed by atoms with Gasteiger partial charge in [0.25, 0.3) is 0 Å². The first-order chi connectivity index (χ1) is 4.42. The molecule has 0 aromatic rings. The van der Waals surface area contributed by atoms with E-state index in [0.717, 1.165) is 11.8 Å². The Morgan fingerprint density at radius 3 is 1.78 bits per heavy atom. The summed E-state index contributed by atoms with van der Waals surface area (Å²) in [5.41, 5.74) is 0. The molecule has 2 rings (SSSR count). The Bertz CT molecular complexity index is 91.1. The van der Waals surface area contributed by atoms with E-state index in [4.69, 9.17) is 0 Å². The lowest BCUT2D eigenvalue weighted by Gasteiger charge is -2.08. The molecule has 1 radical (unpaired) electrons. The van der Waals surface area contributed by atoms with Crippen LogP contribution in [0, 0.1) is 17.8 Å². The minimum Gasteiger partial charge on any atom is -0.236 e. The van der Waals surface area contributed by atoms with E-state index in [0.29, 0.717) is 5.92 Å². The summed E-state index contributed by atoms with van der Waals surface area (Å²) in [6.45, 7) is 0.204. The SMILES string of the molecule is [O]CC(C1CC1)C1CC1. The molecule has 1 nitrogen and oxygen atoms in total. The van der Waals surface area contributed by atoms with Crippen molar-refractivity contribution in [2.75, 3.05) is 6.61 Å². The molecule has 0 aromatic carbocycles. The lowest BCUT2D eigenvalue weighted by molar-refractivity contribution is 0.121. The van der Waals surface area contributed by atoms with E-state index in [1.807, 2.05) is 0 Å². The van der Waals surface area contributed by atoms with E-state index >= 15 is 0 Å². The Kier molecular flexibility index (Phi) is 1.26. The van der Waals surface area contributed by atoms with Gasteiger partial charge in [0, 0.05) is 0 Å². The average Bonchev–Trinajstić information content (AvgIpc) is 2.61. The molecule has 2 aliphatic carbocycles. The first-order valence-corrected chi connectivity index (χ1v) is 4.00. The van der Waals surface area contributed by atoms with Crippen LogP contribution < -0.4 is 0 Å². The minimum absolute atomic E-state index is 0.204. The van der Waals surface area contributed by atoms with Crippen molar-refractivity contribution < 1.29 is 5.11 Å². The van der Waals surface area contributed by atoms with Gasteiger partial charge in [0.15, 0.2) is 0 Å². The fraction of sp³-hybridized carbons (Fsp3) is 1.00. The van der Waals surface area contributed by atoms with Gasteiger partial charge in [0.1, 0.15) is 0 Å². The Hall–Kier alpha value is -0.0400. The lowest BCUT2D eigenvalue weighted by atomic mass is 9.99. The molecular weight excluding hydrogens is 112 g/mol. The zero-order valence-corrected chi connectivity index (χ0v) is 5.68. The average molecular weight is 125 g/mol. The molecule has 0 bridgehead atoms. The first-order valence-electron chi connectivity index (χ1n) is 4.00. The van der Waals surface area contributed by atoms with Crippen molar-refractivity contribution >= 4 is 0 Å². The standard InChI is InChI=1S/C8H13O/c9-5-8(6-1-2-6)7-3-4-7/h6-8H,1-5H2. The van der Waals surface area contributed by atoms with E-state index in [-0.39, 0.29) is 6.61 Å². The molecule has 0 N–H and O–H groups in total. The molecule has 2 saturated carbocycles. The molecule has 0 aliphatic heterocycles. The van der Waals surface area contributed by atoms with Crippen LogP contribution in [-0.4, -0.2) is 6.61 Å². The summed E-state index contributed by atoms with van der Waals surface area (Å²) < 4.78 is 0. The summed E-state index contributed by atoms with van der Waals surface area (Å²) in [5, 5.41) is 10.6. The fourth-order valence-electron chi connectivity index (χ4n) is 1.71. The maximum atomic E-state index is 10.6. The molecule has 0 spiro atoms. The van der Waals surface area contributed by atoms with Crippen molar-refractivity contribution in [2.24, 2.45) is 17.8 Å². The van der Waals surface area contributed by atoms with Crippen LogP contribution >= 0.6 is 0 Å². The molecule has 2 aliphatic rings. The number of hydrogen-bond acceptors (Lipinski definition) is 0. The highest BCUT2D eigenvalue weighted by Gasteiger charge is 2.40. The van der Waals surface area contributed by atoms with E-state index in [2.05, 4.69) is 0 Å². The van der Waals surface area contributed by atoms with Gasteiger partial charge in [-0.3, -0.25) is 0 Å². The first kappa shape index (κ1) is 5.72. The molecule has 51 valence electrons. The van der Waals surface area contributed by atoms with Crippen molar-refractivity contribution in [3.8, 4) is 0 Å². The third kappa shape index (κ3) is 1.11. The quantitative estimate of drug-likeness (QED) is 0.548. The van der Waals surface area contributed by atoms with Crippen LogP contribution in [-0.2, 0) is 5.11 Å². The van der Waals surface area contributed by atoms with Gasteiger partial charge < -0.3 is 0 Å². The van der Waals surface area contributed by atoms with Gasteiger partial charge in [-0.25, -0.2) is 5.11 Å². The van der Waals surface area contributed by atoms with Crippen LogP contribution in [0.2, 0.25) is 0 Å². The molecule has 0 heterocycles. The molecule has 0 aromatic heterocycles. The summed E-state index contributed by atoms with van der Waals surface area (Å²) in [5.74, 6) is 2.30. The highest BCUT2D eigenvalue weighted by atomic mass is 16.3. The normalized spacial score (nSPS) is 27.3. The second kappa shape index (κ2) is 1.98. The van der Waals surface area contributed by atoms with Gasteiger partial charge in [0.05, 0.1) is 6.61 Å². The Morgan fingerprint density at radius 2 is 1.56 bits per heavy atom. The molecule has 0 amide bonds. The van der Waals surface area contributed by atoms with Gasteiger partial charge in [-0.2, -0.15) is 0 Å². The van der Waals surface area contributed by atoms with Gasteiger partial charge in [0.2, 0.25) is 0 Å². The van der Waals surface area contributed by atoms with Crippen molar-refractivity contribution in [3.05, 3.63) is 0 Å². The molecule has 0 unspecified atom stereocenters. The van der Waals surface area contributed by atoms with E-state index in [9.17, 15) is 5.11 Å². The number of hydrogen-bond donors (Lipinski definition) is 0. The maximum Gasteiger partial charge on any atom is 0.0855 e. The maximum absolute atomic E-state index is 10.6. The number of rotatable bonds is 3. The molecule has 0 saturated heterocycles. The summed E-state index contributed by atoms with van der Waals surface area (Å²) in [7, 11) is 0. The third-order valence-corrected chi connectivity index (χ3v) is 2.65. The zero-order valence-electron chi connectivity index (χ0n) is 5.68. The highest BCUT2D eigenvalue weighted by molar-refractivity contribution is 4.90. The third-order valence-electron chi connectivity index (χ3n) is 2.65. The Labute approximate surface area is 56.1 Å². The van der Waals surface area contributed by atoms with Crippen molar-refractivity contribution in [1.29, 1.82) is 0 Å². The topological polar surface area (TPSA) is 19.9 Å². The molecule has 9 heavy (non-hydrogen) atoms. The zero-order chi connectivity index (χ0) is 6.27. The second-order valence-corrected chi connectivity index (χ2v) is 3.51. The fourth-order valence-corrected chi connectivity index (χ4v) is 1.71. The monoisotopic (exact) mass is 125 g/mol. The predicted molar refractivity (Wildman–Crippen MR) is 34.5 cm³/mol. The Morgan fingerprint density at radius 1 is 1.11 bits per heavy atom. The summed E-state index contributed by atoms with van der Waals surface area (Å²) in [6.07, 6.45) is 5.40. The van der Waals surface area contributed by atoms with Gasteiger partial charge in [-0.1, -0.05) is 0 Å². The van der Waals surface area contributed by atoms with Crippen molar-refractivity contribution in [2.45, 2.75) is 25.7 Å². The predicted octanol–water partition coefficient (Wildman–Crippen LogP) is 1.85. The van der Waals surface area contributed by atoms with Gasteiger partial charge in [-0.15, -0.1) is 0 Å². The molecule has 1 heteroatoms. The lowest BCUT2D eigenvalue weighted by Crippen LogP contribution is -2.09. The van der Waals surface area contributed by atoms with Crippen LogP contribution in [0.25, 0.3) is 0 Å². The van der Waals surface area contributed by atoms with Gasteiger partial charge >= 0.3 is 0 Å². The van der Waals surface area contributed by atoms with Crippen LogP contribution in [0.1, 0.15) is 25.7 Å². The van der Waals surface area contributed by atoms with Crippen LogP contribution in [0.15, 0.2) is 0 Å². The van der Waals surface area contributed by atoms with Gasteiger partial charge in [-0.05, 0) is 43.4 Å². The smallest absolute Gasteiger partial charge is 0.0855 e. The second-order valence-electron chi connectivity index (χ2n) is 3.51.